The lowest BCUT2D eigenvalue weighted by atomic mass is 10.5. The number of amides is 1. The smallest absolute Gasteiger partial charge is 0.248 e. The van der Waals surface area contributed by atoms with Crippen LogP contribution >= 0.6 is 0 Å². The van der Waals surface area contributed by atoms with Gasteiger partial charge in [0, 0.05) is 7.05 Å². The minimum Gasteiger partial charge on any atom is -0.314 e. The molecule has 1 amide bonds. The topological polar surface area (TPSA) is 41.5 Å². The van der Waals surface area contributed by atoms with Crippen LogP contribution in [0.25, 0.3) is 0 Å². The van der Waals surface area contributed by atoms with Crippen molar-refractivity contribution in [2.45, 2.75) is 6.92 Å². The van der Waals surface area contributed by atoms with Gasteiger partial charge in [-0.25, -0.2) is 0 Å². The molecule has 9 heavy (non-hydrogen) atoms. The van der Waals surface area contributed by atoms with E-state index in [4.69, 9.17) is 0 Å². The molecule has 0 aliphatic rings. The highest BCUT2D eigenvalue weighted by molar-refractivity contribution is 5.95. The van der Waals surface area contributed by atoms with E-state index < -0.39 is 0 Å². The van der Waals surface area contributed by atoms with Crippen molar-refractivity contribution in [3.63, 3.8) is 0 Å². The van der Waals surface area contributed by atoms with Crippen LogP contribution in [-0.4, -0.2) is 19.3 Å². The molecule has 0 fully saturated rings. The summed E-state index contributed by atoms with van der Waals surface area (Å²) in [5, 5.41) is 2.42. The Morgan fingerprint density at radius 3 is 2.78 bits per heavy atom. The highest BCUT2D eigenvalue weighted by Gasteiger charge is 1.85. The van der Waals surface area contributed by atoms with Crippen molar-refractivity contribution in [2.75, 3.05) is 7.05 Å². The average Bonchev–Trinajstić information content (AvgIpc) is 1.85. The molecule has 0 unspecified atom stereocenters. The Morgan fingerprint density at radius 1 is 1.67 bits per heavy atom. The van der Waals surface area contributed by atoms with E-state index >= 15 is 0 Å². The normalized spacial score (nSPS) is 10.9. The molecule has 0 bridgehead atoms. The number of nitrogens with one attached hydrogen (secondary N) is 1. The first kappa shape index (κ1) is 7.88. The third-order valence-corrected chi connectivity index (χ3v) is 0.654. The van der Waals surface area contributed by atoms with Crippen LogP contribution in [0.3, 0.4) is 0 Å². The maximum absolute atomic E-state index is 10.5. The zero-order valence-corrected chi connectivity index (χ0v) is 5.59. The molecule has 0 aromatic rings. The number of hydrogen-bond donors (Lipinski definition) is 1. The zero-order chi connectivity index (χ0) is 7.11. The van der Waals surface area contributed by atoms with E-state index in [0.717, 1.165) is 0 Å². The van der Waals surface area contributed by atoms with Crippen LogP contribution in [0.5, 0.6) is 0 Å². The van der Waals surface area contributed by atoms with E-state index in [1.54, 1.807) is 20.0 Å². The molecule has 0 saturated heterocycles. The van der Waals surface area contributed by atoms with Crippen LogP contribution in [0.1, 0.15) is 6.92 Å². The largest absolute Gasteiger partial charge is 0.314 e. The molecule has 0 aliphatic heterocycles. The van der Waals surface area contributed by atoms with Crippen LogP contribution in [0.4, 0.5) is 0 Å². The van der Waals surface area contributed by atoms with Gasteiger partial charge in [0.25, 0.3) is 0 Å². The molecule has 0 aromatic carbocycles. The fourth-order valence-corrected chi connectivity index (χ4v) is 0.328. The van der Waals surface area contributed by atoms with Gasteiger partial charge >= 0.3 is 0 Å². The summed E-state index contributed by atoms with van der Waals surface area (Å²) in [5.74, 6) is -0.150. The van der Waals surface area contributed by atoms with Crippen LogP contribution in [0.2, 0.25) is 0 Å². The van der Waals surface area contributed by atoms with Crippen molar-refractivity contribution >= 4 is 12.2 Å². The highest BCUT2D eigenvalue weighted by Crippen LogP contribution is 1.67. The first-order valence-electron chi connectivity index (χ1n) is 2.65. The Labute approximate surface area is 54.5 Å². The van der Waals surface area contributed by atoms with Gasteiger partial charge in [-0.3, -0.25) is 9.79 Å². The summed E-state index contributed by atoms with van der Waals surface area (Å²) in [4.78, 5) is 14.1. The van der Waals surface area contributed by atoms with E-state index in [-0.39, 0.29) is 5.91 Å². The molecule has 0 aromatic heterocycles. The number of hydrogen-bond acceptors (Lipinski definition) is 2. The van der Waals surface area contributed by atoms with Crippen molar-refractivity contribution in [3.8, 4) is 0 Å². The third kappa shape index (κ3) is 4.74. The second kappa shape index (κ2) is 5.03. The molecule has 1 N–H and O–H groups in total. The quantitative estimate of drug-likeness (QED) is 0.323. The molecule has 0 atom stereocenters. The first-order valence-corrected chi connectivity index (χ1v) is 2.65. The number of carbonyl (C=O) groups excluding carboxylic acids is 1. The van der Waals surface area contributed by atoms with Crippen molar-refractivity contribution < 1.29 is 4.79 Å². The Kier molecular flexibility index (Phi) is 4.40. The number of nitrogens with zero attached hydrogens (tertiary/aromatic N) is 1. The van der Waals surface area contributed by atoms with Crippen LogP contribution in [0.15, 0.2) is 17.1 Å². The van der Waals surface area contributed by atoms with Crippen LogP contribution in [0, 0.1) is 0 Å². The van der Waals surface area contributed by atoms with Gasteiger partial charge in [-0.2, -0.15) is 0 Å². The van der Waals surface area contributed by atoms with Crippen molar-refractivity contribution in [2.24, 2.45) is 4.99 Å². The van der Waals surface area contributed by atoms with Gasteiger partial charge in [0.15, 0.2) is 0 Å². The molecule has 0 saturated carbocycles. The number of aliphatic imine (C=N–C) groups is 1. The summed E-state index contributed by atoms with van der Waals surface area (Å²) in [6.07, 6.45) is 4.45. The Balaban J connectivity index is 3.51. The summed E-state index contributed by atoms with van der Waals surface area (Å²) >= 11 is 0. The molecule has 0 radical (unpaired) electrons. The Bertz CT molecular complexity index is 138. The molecule has 0 aliphatic carbocycles. The molecule has 3 heteroatoms. The molecule has 0 spiro atoms. The van der Waals surface area contributed by atoms with Gasteiger partial charge in [0.05, 0.1) is 6.34 Å². The summed E-state index contributed by atoms with van der Waals surface area (Å²) < 4.78 is 0. The molecule has 0 rings (SSSR count). The number of carbonyl (C=O) groups is 1. The summed E-state index contributed by atoms with van der Waals surface area (Å²) in [7, 11) is 1.59. The standard InChI is InChI=1S/C6H10N2O/c1-3-4-6(9)8-5-7-2/h3-5H,1-2H3,(H,7,8,9)/b4-3-. The van der Waals surface area contributed by atoms with Gasteiger partial charge in [-0.05, 0) is 13.0 Å². The van der Waals surface area contributed by atoms with E-state index in [9.17, 15) is 4.79 Å². The van der Waals surface area contributed by atoms with Gasteiger partial charge in [-0.15, -0.1) is 0 Å². The van der Waals surface area contributed by atoms with Gasteiger partial charge in [0.2, 0.25) is 5.91 Å². The van der Waals surface area contributed by atoms with Crippen molar-refractivity contribution in [1.29, 1.82) is 0 Å². The van der Waals surface area contributed by atoms with Crippen molar-refractivity contribution in [3.05, 3.63) is 12.2 Å². The zero-order valence-electron chi connectivity index (χ0n) is 5.59. The van der Waals surface area contributed by atoms with Gasteiger partial charge in [0.1, 0.15) is 0 Å². The van der Waals surface area contributed by atoms with Crippen molar-refractivity contribution in [1.82, 2.24) is 5.32 Å². The monoisotopic (exact) mass is 126 g/mol. The number of rotatable bonds is 2. The molecule has 0 heterocycles. The predicted molar refractivity (Wildman–Crippen MR) is 37.4 cm³/mol. The fourth-order valence-electron chi connectivity index (χ4n) is 0.328. The minimum absolute atomic E-state index is 0.150. The molecular weight excluding hydrogens is 116 g/mol. The van der Waals surface area contributed by atoms with Crippen LogP contribution < -0.4 is 5.32 Å². The lowest BCUT2D eigenvalue weighted by molar-refractivity contribution is -0.115. The highest BCUT2D eigenvalue weighted by atomic mass is 16.1. The van der Waals surface area contributed by atoms with E-state index in [1.807, 2.05) is 0 Å². The summed E-state index contributed by atoms with van der Waals surface area (Å²) in [6.45, 7) is 1.78. The predicted octanol–water partition coefficient (Wildman–Crippen LogP) is 0.337. The van der Waals surface area contributed by atoms with Crippen LogP contribution in [-0.2, 0) is 4.79 Å². The lowest BCUT2D eigenvalue weighted by Crippen LogP contribution is -2.18. The second-order valence-electron chi connectivity index (χ2n) is 1.40. The van der Waals surface area contributed by atoms with E-state index in [2.05, 4.69) is 10.3 Å². The SMILES string of the molecule is C/C=C\C(=O)N/C=N/C. The van der Waals surface area contributed by atoms with Gasteiger partial charge < -0.3 is 5.32 Å². The molecule has 50 valence electrons. The average molecular weight is 126 g/mol. The fraction of sp³-hybridized carbons (Fsp3) is 0.333. The number of allylic oxidation sites excluding steroid dienone is 1. The minimum atomic E-state index is -0.150. The lowest BCUT2D eigenvalue weighted by Gasteiger charge is -1.87. The second-order valence-corrected chi connectivity index (χ2v) is 1.40. The third-order valence-electron chi connectivity index (χ3n) is 0.654. The van der Waals surface area contributed by atoms with Gasteiger partial charge in [-0.1, -0.05) is 6.08 Å². The summed E-state index contributed by atoms with van der Waals surface area (Å²) in [6, 6.07) is 0. The Hall–Kier alpha value is -1.12. The first-order chi connectivity index (χ1) is 4.31. The molecule has 3 nitrogen and oxygen atoms in total. The maximum Gasteiger partial charge on any atom is 0.248 e. The van der Waals surface area contributed by atoms with E-state index in [1.165, 1.54) is 12.4 Å². The summed E-state index contributed by atoms with van der Waals surface area (Å²) in [5.41, 5.74) is 0. The Morgan fingerprint density at radius 2 is 2.33 bits per heavy atom. The molecular formula is C6H10N2O. The van der Waals surface area contributed by atoms with E-state index in [0.29, 0.717) is 0 Å². The maximum atomic E-state index is 10.5.